The third kappa shape index (κ3) is 3.18. The average Bonchev–Trinajstić information content (AvgIpc) is 2.96. The van der Waals surface area contributed by atoms with Gasteiger partial charge in [0, 0.05) is 49.2 Å². The van der Waals surface area contributed by atoms with Gasteiger partial charge in [-0.05, 0) is 43.2 Å². The minimum absolute atomic E-state index is 0.0857. The molecule has 1 aliphatic heterocycles. The lowest BCUT2D eigenvalue weighted by Crippen LogP contribution is -2.41. The van der Waals surface area contributed by atoms with E-state index >= 15 is 0 Å². The number of benzene rings is 1. The van der Waals surface area contributed by atoms with E-state index in [-0.39, 0.29) is 11.8 Å². The second kappa shape index (κ2) is 6.39. The van der Waals surface area contributed by atoms with Crippen LogP contribution in [0.3, 0.4) is 0 Å². The molecule has 2 aliphatic rings. The fourth-order valence-corrected chi connectivity index (χ4v) is 3.50. The van der Waals surface area contributed by atoms with Gasteiger partial charge in [0.25, 0.3) is 0 Å². The average molecular weight is 338 g/mol. The number of nitrogens with one attached hydrogen (secondary N) is 1. The smallest absolute Gasteiger partial charge is 0.225 e. The first-order valence-corrected chi connectivity index (χ1v) is 8.88. The van der Waals surface area contributed by atoms with Crippen LogP contribution in [0.25, 0.3) is 11.3 Å². The SMILES string of the molecule is CC(=O)Nc1ccc(-c2cc3c(o2)CCN(C(=O)C2CCC2)C3)cc1. The van der Waals surface area contributed by atoms with Crippen LogP contribution in [0.5, 0.6) is 0 Å². The molecular formula is C20H22N2O3. The Bertz CT molecular complexity index is 803. The van der Waals surface area contributed by atoms with E-state index < -0.39 is 0 Å². The molecule has 5 heteroatoms. The summed E-state index contributed by atoms with van der Waals surface area (Å²) in [4.78, 5) is 25.5. The Hall–Kier alpha value is -2.56. The van der Waals surface area contributed by atoms with Crippen LogP contribution in [0.1, 0.15) is 37.5 Å². The predicted molar refractivity (Wildman–Crippen MR) is 94.9 cm³/mol. The maximum Gasteiger partial charge on any atom is 0.225 e. The number of fused-ring (bicyclic) bond motifs is 1. The molecule has 1 aromatic carbocycles. The van der Waals surface area contributed by atoms with Gasteiger partial charge in [0.2, 0.25) is 11.8 Å². The Morgan fingerprint density at radius 3 is 2.60 bits per heavy atom. The lowest BCUT2D eigenvalue weighted by molar-refractivity contribution is -0.139. The maximum absolute atomic E-state index is 12.5. The van der Waals surface area contributed by atoms with Gasteiger partial charge in [-0.15, -0.1) is 0 Å². The molecule has 0 radical (unpaired) electrons. The number of nitrogens with zero attached hydrogens (tertiary/aromatic N) is 1. The van der Waals surface area contributed by atoms with Crippen molar-refractivity contribution in [3.8, 4) is 11.3 Å². The van der Waals surface area contributed by atoms with E-state index in [1.165, 1.54) is 13.3 Å². The molecular weight excluding hydrogens is 316 g/mol. The van der Waals surface area contributed by atoms with Gasteiger partial charge < -0.3 is 14.6 Å². The molecule has 0 bridgehead atoms. The lowest BCUT2D eigenvalue weighted by Gasteiger charge is -2.33. The first kappa shape index (κ1) is 15.9. The van der Waals surface area contributed by atoms with Gasteiger partial charge in [0.1, 0.15) is 11.5 Å². The number of carbonyl (C=O) groups is 2. The van der Waals surface area contributed by atoms with E-state index in [0.29, 0.717) is 12.5 Å². The zero-order chi connectivity index (χ0) is 17.4. The highest BCUT2D eigenvalue weighted by molar-refractivity contribution is 5.88. The molecule has 4 rings (SSSR count). The van der Waals surface area contributed by atoms with Gasteiger partial charge in [0.05, 0.1) is 0 Å². The third-order valence-corrected chi connectivity index (χ3v) is 5.12. The first-order valence-electron chi connectivity index (χ1n) is 8.88. The quantitative estimate of drug-likeness (QED) is 0.930. The molecule has 1 fully saturated rings. The zero-order valence-corrected chi connectivity index (χ0v) is 14.4. The summed E-state index contributed by atoms with van der Waals surface area (Å²) in [6.45, 7) is 2.89. The number of carbonyl (C=O) groups excluding carboxylic acids is 2. The van der Waals surface area contributed by atoms with Crippen LogP contribution in [0, 0.1) is 5.92 Å². The first-order chi connectivity index (χ1) is 12.1. The van der Waals surface area contributed by atoms with E-state index in [1.54, 1.807) is 0 Å². The van der Waals surface area contributed by atoms with Gasteiger partial charge in [-0.25, -0.2) is 0 Å². The summed E-state index contributed by atoms with van der Waals surface area (Å²) in [5.74, 6) is 2.27. The number of hydrogen-bond donors (Lipinski definition) is 1. The van der Waals surface area contributed by atoms with Crippen molar-refractivity contribution in [2.75, 3.05) is 11.9 Å². The van der Waals surface area contributed by atoms with Crippen molar-refractivity contribution >= 4 is 17.5 Å². The van der Waals surface area contributed by atoms with E-state index in [4.69, 9.17) is 4.42 Å². The predicted octanol–water partition coefficient (Wildman–Crippen LogP) is 3.59. The highest BCUT2D eigenvalue weighted by Gasteiger charge is 2.32. The summed E-state index contributed by atoms with van der Waals surface area (Å²) in [5.41, 5.74) is 2.85. The molecule has 25 heavy (non-hydrogen) atoms. The lowest BCUT2D eigenvalue weighted by atomic mass is 9.84. The second-order valence-electron chi connectivity index (χ2n) is 6.96. The molecule has 0 atom stereocenters. The molecule has 5 nitrogen and oxygen atoms in total. The topological polar surface area (TPSA) is 62.6 Å². The normalized spacial score (nSPS) is 16.9. The minimum Gasteiger partial charge on any atom is -0.461 e. The molecule has 2 amide bonds. The number of rotatable bonds is 3. The van der Waals surface area contributed by atoms with Gasteiger partial charge in [-0.1, -0.05) is 6.42 Å². The second-order valence-corrected chi connectivity index (χ2v) is 6.96. The van der Waals surface area contributed by atoms with Crippen LogP contribution in [0.15, 0.2) is 34.7 Å². The monoisotopic (exact) mass is 338 g/mol. The summed E-state index contributed by atoms with van der Waals surface area (Å²) in [6.07, 6.45) is 4.04. The van der Waals surface area contributed by atoms with Crippen molar-refractivity contribution in [1.29, 1.82) is 0 Å². The molecule has 1 aliphatic carbocycles. The molecule has 1 aromatic heterocycles. The minimum atomic E-state index is -0.0857. The Morgan fingerprint density at radius 1 is 1.20 bits per heavy atom. The van der Waals surface area contributed by atoms with E-state index in [9.17, 15) is 9.59 Å². The van der Waals surface area contributed by atoms with Gasteiger partial charge in [-0.2, -0.15) is 0 Å². The summed E-state index contributed by atoms with van der Waals surface area (Å²) >= 11 is 0. The van der Waals surface area contributed by atoms with E-state index in [0.717, 1.165) is 54.1 Å². The highest BCUT2D eigenvalue weighted by Crippen LogP contribution is 2.33. The molecule has 0 saturated heterocycles. The van der Waals surface area contributed by atoms with Crippen molar-refractivity contribution in [1.82, 2.24) is 4.90 Å². The summed E-state index contributed by atoms with van der Waals surface area (Å²) < 4.78 is 6.02. The zero-order valence-electron chi connectivity index (χ0n) is 14.4. The van der Waals surface area contributed by atoms with Gasteiger partial charge in [0.15, 0.2) is 0 Å². The molecule has 0 unspecified atom stereocenters. The van der Waals surface area contributed by atoms with Crippen molar-refractivity contribution in [3.63, 3.8) is 0 Å². The number of hydrogen-bond acceptors (Lipinski definition) is 3. The maximum atomic E-state index is 12.5. The van der Waals surface area contributed by atoms with E-state index in [2.05, 4.69) is 5.32 Å². The number of anilines is 1. The van der Waals surface area contributed by atoms with Crippen LogP contribution in [0.2, 0.25) is 0 Å². The largest absolute Gasteiger partial charge is 0.461 e. The van der Waals surface area contributed by atoms with Crippen molar-refractivity contribution < 1.29 is 14.0 Å². The fraction of sp³-hybridized carbons (Fsp3) is 0.400. The molecule has 2 aromatic rings. The van der Waals surface area contributed by atoms with Crippen molar-refractivity contribution in [3.05, 3.63) is 41.7 Å². The third-order valence-electron chi connectivity index (χ3n) is 5.12. The van der Waals surface area contributed by atoms with Gasteiger partial charge >= 0.3 is 0 Å². The Balaban J connectivity index is 1.50. The Morgan fingerprint density at radius 2 is 1.96 bits per heavy atom. The standard InChI is InChI=1S/C20H22N2O3/c1-13(23)21-17-7-5-14(6-8-17)19-11-16-12-22(10-9-18(16)25-19)20(24)15-3-2-4-15/h5-8,11,15H,2-4,9-10,12H2,1H3,(H,21,23). The van der Waals surface area contributed by atoms with Crippen molar-refractivity contribution in [2.24, 2.45) is 5.92 Å². The molecule has 1 saturated carbocycles. The Labute approximate surface area is 147 Å². The van der Waals surface area contributed by atoms with Crippen LogP contribution in [-0.2, 0) is 22.6 Å². The highest BCUT2D eigenvalue weighted by atomic mass is 16.3. The summed E-state index contributed by atoms with van der Waals surface area (Å²) in [6, 6.07) is 9.65. The van der Waals surface area contributed by atoms with E-state index in [1.807, 2.05) is 35.2 Å². The molecule has 0 spiro atoms. The molecule has 1 N–H and O–H groups in total. The number of amides is 2. The van der Waals surface area contributed by atoms with Crippen molar-refractivity contribution in [2.45, 2.75) is 39.2 Å². The Kier molecular flexibility index (Phi) is 4.07. The molecule has 2 heterocycles. The number of furan rings is 1. The van der Waals surface area contributed by atoms with Crippen LogP contribution in [-0.4, -0.2) is 23.3 Å². The van der Waals surface area contributed by atoms with Crippen LogP contribution >= 0.6 is 0 Å². The fourth-order valence-electron chi connectivity index (χ4n) is 3.50. The van der Waals surface area contributed by atoms with Gasteiger partial charge in [-0.3, -0.25) is 9.59 Å². The van der Waals surface area contributed by atoms with Crippen LogP contribution in [0.4, 0.5) is 5.69 Å². The summed E-state index contributed by atoms with van der Waals surface area (Å²) in [7, 11) is 0. The van der Waals surface area contributed by atoms with Crippen LogP contribution < -0.4 is 5.32 Å². The molecule has 130 valence electrons. The summed E-state index contributed by atoms with van der Waals surface area (Å²) in [5, 5.41) is 2.76.